The first-order valence-corrected chi connectivity index (χ1v) is 10.4. The van der Waals surface area contributed by atoms with E-state index in [-0.39, 0.29) is 39.7 Å². The van der Waals surface area contributed by atoms with Crippen molar-refractivity contribution in [2.75, 3.05) is 20.8 Å². The van der Waals surface area contributed by atoms with E-state index in [9.17, 15) is 35.4 Å². The van der Waals surface area contributed by atoms with Crippen molar-refractivity contribution in [3.63, 3.8) is 0 Å². The van der Waals surface area contributed by atoms with Gasteiger partial charge in [-0.2, -0.15) is 0 Å². The molecule has 12 heteroatoms. The van der Waals surface area contributed by atoms with Crippen LogP contribution in [0.5, 0.6) is 28.7 Å². The maximum Gasteiger partial charge on any atom is 0.229 e. The monoisotopic (exact) mass is 492 g/mol. The topological polar surface area (TPSA) is 189 Å². The zero-order chi connectivity index (χ0) is 25.4. The van der Waals surface area contributed by atoms with Gasteiger partial charge < -0.3 is 54.0 Å². The van der Waals surface area contributed by atoms with Crippen LogP contribution in [-0.4, -0.2) is 82.2 Å². The summed E-state index contributed by atoms with van der Waals surface area (Å²) in [6.45, 7) is -0.652. The van der Waals surface area contributed by atoms with E-state index in [1.165, 1.54) is 44.6 Å². The Labute approximate surface area is 197 Å². The number of phenolic OH excluding ortho intramolecular Hbond substituents is 2. The number of phenols is 2. The average molecular weight is 492 g/mol. The van der Waals surface area contributed by atoms with E-state index in [4.69, 9.17) is 23.4 Å². The van der Waals surface area contributed by atoms with Gasteiger partial charge in [0, 0.05) is 17.7 Å². The molecule has 35 heavy (non-hydrogen) atoms. The van der Waals surface area contributed by atoms with Gasteiger partial charge in [-0.25, -0.2) is 0 Å². The minimum Gasteiger partial charge on any atom is -0.504 e. The summed E-state index contributed by atoms with van der Waals surface area (Å²) in [4.78, 5) is 13.0. The lowest BCUT2D eigenvalue weighted by Gasteiger charge is -2.39. The van der Waals surface area contributed by atoms with Crippen LogP contribution in [-0.2, 0) is 4.74 Å². The first kappa shape index (κ1) is 24.6. The molecule has 5 atom stereocenters. The summed E-state index contributed by atoms with van der Waals surface area (Å²) in [7, 11) is 2.58. The van der Waals surface area contributed by atoms with Crippen LogP contribution < -0.4 is 19.6 Å². The molecule has 1 aliphatic heterocycles. The Bertz CT molecular complexity index is 1280. The standard InChI is InChI=1S/C23H24O12/c1-31-21-15(34-23-20(30)19(29)18(28)16(8-24)35-23)7-14-17(22(21)32-2)12(27)6-13(33-14)9-3-4-10(25)11(26)5-9/h3-7,16,18-20,23-26,28-30H,8H2,1-2H3/t16-,18-,19+,20-,23-/m1/s1. The van der Waals surface area contributed by atoms with Gasteiger partial charge in [0.25, 0.3) is 0 Å². The second kappa shape index (κ2) is 9.60. The average Bonchev–Trinajstić information content (AvgIpc) is 2.84. The Kier molecular flexibility index (Phi) is 6.74. The van der Waals surface area contributed by atoms with Gasteiger partial charge in [0.05, 0.1) is 20.8 Å². The first-order chi connectivity index (χ1) is 16.7. The maximum atomic E-state index is 13.0. The summed E-state index contributed by atoms with van der Waals surface area (Å²) in [6.07, 6.45) is -7.70. The molecular weight excluding hydrogens is 468 g/mol. The summed E-state index contributed by atoms with van der Waals surface area (Å²) in [5, 5.41) is 59.2. The fraction of sp³-hybridized carbons (Fsp3) is 0.348. The second-order valence-electron chi connectivity index (χ2n) is 7.81. The van der Waals surface area contributed by atoms with Gasteiger partial charge in [0.2, 0.25) is 12.0 Å². The van der Waals surface area contributed by atoms with Crippen molar-refractivity contribution >= 4 is 11.0 Å². The van der Waals surface area contributed by atoms with Gasteiger partial charge in [-0.15, -0.1) is 0 Å². The number of hydrogen-bond donors (Lipinski definition) is 6. The van der Waals surface area contributed by atoms with Crippen molar-refractivity contribution in [3.8, 4) is 40.1 Å². The Morgan fingerprint density at radius 2 is 1.63 bits per heavy atom. The van der Waals surface area contributed by atoms with Crippen molar-refractivity contribution < 1.29 is 54.0 Å². The molecule has 0 spiro atoms. The maximum absolute atomic E-state index is 13.0. The van der Waals surface area contributed by atoms with Crippen LogP contribution in [0, 0.1) is 0 Å². The molecule has 1 aromatic heterocycles. The molecule has 4 rings (SSSR count). The van der Waals surface area contributed by atoms with E-state index in [0.717, 1.165) is 0 Å². The zero-order valence-corrected chi connectivity index (χ0v) is 18.6. The van der Waals surface area contributed by atoms with Crippen LogP contribution in [0.1, 0.15) is 0 Å². The van der Waals surface area contributed by atoms with Crippen LogP contribution in [0.2, 0.25) is 0 Å². The fourth-order valence-electron chi connectivity index (χ4n) is 3.83. The lowest BCUT2D eigenvalue weighted by molar-refractivity contribution is -0.277. The molecule has 0 bridgehead atoms. The number of fused-ring (bicyclic) bond motifs is 1. The third kappa shape index (κ3) is 4.33. The van der Waals surface area contributed by atoms with E-state index < -0.39 is 48.5 Å². The van der Waals surface area contributed by atoms with Crippen molar-refractivity contribution in [2.45, 2.75) is 30.7 Å². The molecular formula is C23H24O12. The summed E-state index contributed by atoms with van der Waals surface area (Å²) < 4.78 is 27.7. The lowest BCUT2D eigenvalue weighted by atomic mass is 9.99. The molecule has 1 saturated heterocycles. The van der Waals surface area contributed by atoms with Crippen LogP contribution in [0.15, 0.2) is 39.5 Å². The van der Waals surface area contributed by atoms with Crippen molar-refractivity contribution in [3.05, 3.63) is 40.6 Å². The van der Waals surface area contributed by atoms with Gasteiger partial charge >= 0.3 is 0 Å². The van der Waals surface area contributed by atoms with Gasteiger partial charge in [0.1, 0.15) is 41.1 Å². The summed E-state index contributed by atoms with van der Waals surface area (Å²) >= 11 is 0. The highest BCUT2D eigenvalue weighted by Gasteiger charge is 2.45. The molecule has 12 nitrogen and oxygen atoms in total. The number of rotatable bonds is 6. The number of aliphatic hydroxyl groups excluding tert-OH is 4. The van der Waals surface area contributed by atoms with E-state index in [2.05, 4.69) is 0 Å². The Morgan fingerprint density at radius 3 is 2.26 bits per heavy atom. The van der Waals surface area contributed by atoms with Crippen molar-refractivity contribution in [1.29, 1.82) is 0 Å². The third-order valence-corrected chi connectivity index (χ3v) is 5.65. The molecule has 0 aliphatic carbocycles. The number of aromatic hydroxyl groups is 2. The van der Waals surface area contributed by atoms with E-state index in [1.807, 2.05) is 0 Å². The Morgan fingerprint density at radius 1 is 0.914 bits per heavy atom. The van der Waals surface area contributed by atoms with Crippen LogP contribution >= 0.6 is 0 Å². The van der Waals surface area contributed by atoms with E-state index in [1.54, 1.807) is 0 Å². The predicted molar refractivity (Wildman–Crippen MR) is 119 cm³/mol. The molecule has 188 valence electrons. The fourth-order valence-corrected chi connectivity index (χ4v) is 3.83. The summed E-state index contributed by atoms with van der Waals surface area (Å²) in [6, 6.07) is 6.34. The van der Waals surface area contributed by atoms with Crippen molar-refractivity contribution in [2.24, 2.45) is 0 Å². The predicted octanol–water partition coefficient (Wildman–Crippen LogP) is 0.0671. The van der Waals surface area contributed by atoms with E-state index >= 15 is 0 Å². The highest BCUT2D eigenvalue weighted by Crippen LogP contribution is 2.44. The molecule has 1 fully saturated rings. The summed E-state index contributed by atoms with van der Waals surface area (Å²) in [5.74, 6) is -0.890. The summed E-state index contributed by atoms with van der Waals surface area (Å²) in [5.41, 5.74) is -0.230. The van der Waals surface area contributed by atoms with Gasteiger partial charge in [-0.05, 0) is 18.2 Å². The minimum atomic E-state index is -1.70. The van der Waals surface area contributed by atoms with Crippen LogP contribution in [0.4, 0.5) is 0 Å². The SMILES string of the molecule is COc1c(O[C@@H]2O[C@H](CO)[C@@H](O)[C@H](O)[C@H]2O)cc2oc(-c3ccc(O)c(O)c3)cc(=O)c2c1OC. The molecule has 2 aromatic carbocycles. The number of ether oxygens (including phenoxy) is 4. The molecule has 1 aliphatic rings. The second-order valence-corrected chi connectivity index (χ2v) is 7.81. The minimum absolute atomic E-state index is 0.0113. The van der Waals surface area contributed by atoms with Gasteiger partial charge in [-0.1, -0.05) is 0 Å². The number of aliphatic hydroxyl groups is 4. The zero-order valence-electron chi connectivity index (χ0n) is 18.6. The van der Waals surface area contributed by atoms with E-state index in [0.29, 0.717) is 5.56 Å². The number of hydrogen-bond acceptors (Lipinski definition) is 12. The highest BCUT2D eigenvalue weighted by atomic mass is 16.7. The largest absolute Gasteiger partial charge is 0.504 e. The highest BCUT2D eigenvalue weighted by molar-refractivity contribution is 5.90. The molecule has 0 radical (unpaired) electrons. The number of methoxy groups -OCH3 is 2. The normalized spacial score (nSPS) is 24.3. The molecule has 3 aromatic rings. The Balaban J connectivity index is 1.84. The molecule has 0 unspecified atom stereocenters. The molecule has 0 amide bonds. The quantitative estimate of drug-likeness (QED) is 0.254. The lowest BCUT2D eigenvalue weighted by Crippen LogP contribution is -2.60. The third-order valence-electron chi connectivity index (χ3n) is 5.65. The smallest absolute Gasteiger partial charge is 0.229 e. The van der Waals surface area contributed by atoms with Gasteiger partial charge in [-0.3, -0.25) is 4.79 Å². The molecule has 0 saturated carbocycles. The Hall–Kier alpha value is -3.55. The van der Waals surface area contributed by atoms with Crippen LogP contribution in [0.25, 0.3) is 22.3 Å². The van der Waals surface area contributed by atoms with Gasteiger partial charge in [0.15, 0.2) is 28.4 Å². The molecule has 6 N–H and O–H groups in total. The van der Waals surface area contributed by atoms with Crippen LogP contribution in [0.3, 0.4) is 0 Å². The first-order valence-electron chi connectivity index (χ1n) is 10.4. The van der Waals surface area contributed by atoms with Crippen molar-refractivity contribution in [1.82, 2.24) is 0 Å². The molecule has 2 heterocycles. The number of benzene rings is 2.